The molecule has 0 heterocycles. The zero-order valence-electron chi connectivity index (χ0n) is 11.2. The van der Waals surface area contributed by atoms with Crippen LogP contribution in [0.5, 0.6) is 0 Å². The minimum absolute atomic E-state index is 0.0612. The van der Waals surface area contributed by atoms with E-state index in [1.165, 1.54) is 5.56 Å². The van der Waals surface area contributed by atoms with Gasteiger partial charge in [-0.2, -0.15) is 0 Å². The summed E-state index contributed by atoms with van der Waals surface area (Å²) in [5.41, 5.74) is 9.18. The number of anilines is 1. The molecule has 2 aromatic rings. The lowest BCUT2D eigenvalue weighted by Crippen LogP contribution is -2.15. The lowest BCUT2D eigenvalue weighted by Gasteiger charge is -2.07. The molecule has 0 aliphatic carbocycles. The van der Waals surface area contributed by atoms with E-state index in [9.17, 15) is 4.79 Å². The molecule has 0 aliphatic rings. The second kappa shape index (κ2) is 6.30. The zero-order valence-corrected chi connectivity index (χ0v) is 12.0. The fraction of sp³-hybridized carbons (Fsp3) is 0.125. The van der Waals surface area contributed by atoms with Crippen molar-refractivity contribution in [1.82, 2.24) is 0 Å². The van der Waals surface area contributed by atoms with E-state index in [0.717, 1.165) is 11.1 Å². The SMILES string of the molecule is Cc1ccc(CC(=O)Nc2cccc(C(N)=S)c2)cc1. The first-order chi connectivity index (χ1) is 9.54. The molecule has 3 nitrogen and oxygen atoms in total. The molecular formula is C16H16N2OS. The number of rotatable bonds is 4. The van der Waals surface area contributed by atoms with Gasteiger partial charge in [0.15, 0.2) is 0 Å². The summed E-state index contributed by atoms with van der Waals surface area (Å²) < 4.78 is 0. The number of hydrogen-bond acceptors (Lipinski definition) is 2. The summed E-state index contributed by atoms with van der Waals surface area (Å²) in [6.45, 7) is 2.02. The molecule has 0 spiro atoms. The van der Waals surface area contributed by atoms with Gasteiger partial charge in [-0.1, -0.05) is 54.2 Å². The molecule has 0 saturated heterocycles. The summed E-state index contributed by atoms with van der Waals surface area (Å²) in [6, 6.07) is 15.1. The number of amides is 1. The lowest BCUT2D eigenvalue weighted by atomic mass is 10.1. The third-order valence-corrected chi connectivity index (χ3v) is 3.15. The molecule has 2 aromatic carbocycles. The molecule has 0 fully saturated rings. The molecule has 0 saturated carbocycles. The predicted molar refractivity (Wildman–Crippen MR) is 85.8 cm³/mol. The fourth-order valence-corrected chi connectivity index (χ4v) is 1.97. The molecule has 4 heteroatoms. The fourth-order valence-electron chi connectivity index (χ4n) is 1.85. The number of carbonyl (C=O) groups excluding carboxylic acids is 1. The molecule has 102 valence electrons. The van der Waals surface area contributed by atoms with Gasteiger partial charge < -0.3 is 11.1 Å². The maximum atomic E-state index is 12.0. The number of hydrogen-bond donors (Lipinski definition) is 2. The molecule has 0 bridgehead atoms. The van der Waals surface area contributed by atoms with Gasteiger partial charge in [-0.15, -0.1) is 0 Å². The molecule has 0 unspecified atom stereocenters. The first kappa shape index (κ1) is 14.2. The minimum Gasteiger partial charge on any atom is -0.389 e. The molecular weight excluding hydrogens is 268 g/mol. The van der Waals surface area contributed by atoms with Gasteiger partial charge in [0.25, 0.3) is 0 Å². The second-order valence-electron chi connectivity index (χ2n) is 4.66. The van der Waals surface area contributed by atoms with Crippen molar-refractivity contribution in [2.45, 2.75) is 13.3 Å². The summed E-state index contributed by atoms with van der Waals surface area (Å²) in [5, 5.41) is 2.85. The van der Waals surface area contributed by atoms with E-state index < -0.39 is 0 Å². The molecule has 2 rings (SSSR count). The standard InChI is InChI=1S/C16H16N2OS/c1-11-5-7-12(8-6-11)9-15(19)18-14-4-2-3-13(10-14)16(17)20/h2-8,10H,9H2,1H3,(H2,17,20)(H,18,19). The van der Waals surface area contributed by atoms with Gasteiger partial charge in [0, 0.05) is 11.3 Å². The topological polar surface area (TPSA) is 55.1 Å². The quantitative estimate of drug-likeness (QED) is 0.849. The first-order valence-corrected chi connectivity index (χ1v) is 6.71. The van der Waals surface area contributed by atoms with Gasteiger partial charge in [0.2, 0.25) is 5.91 Å². The Hall–Kier alpha value is -2.20. The van der Waals surface area contributed by atoms with Crippen LogP contribution in [0.2, 0.25) is 0 Å². The van der Waals surface area contributed by atoms with E-state index in [2.05, 4.69) is 5.32 Å². The Labute approximate surface area is 123 Å². The maximum absolute atomic E-state index is 12.0. The Balaban J connectivity index is 2.02. The monoisotopic (exact) mass is 284 g/mol. The van der Waals surface area contributed by atoms with Crippen molar-refractivity contribution in [1.29, 1.82) is 0 Å². The van der Waals surface area contributed by atoms with Gasteiger partial charge >= 0.3 is 0 Å². The van der Waals surface area contributed by atoms with Gasteiger partial charge in [-0.05, 0) is 24.6 Å². The van der Waals surface area contributed by atoms with Crippen LogP contribution in [0.15, 0.2) is 48.5 Å². The van der Waals surface area contributed by atoms with E-state index in [1.54, 1.807) is 6.07 Å². The van der Waals surface area contributed by atoms with Gasteiger partial charge in [0.1, 0.15) is 4.99 Å². The molecule has 20 heavy (non-hydrogen) atoms. The smallest absolute Gasteiger partial charge is 0.228 e. The molecule has 0 atom stereocenters. The highest BCUT2D eigenvalue weighted by Crippen LogP contribution is 2.12. The van der Waals surface area contributed by atoms with Crippen LogP contribution >= 0.6 is 12.2 Å². The highest BCUT2D eigenvalue weighted by Gasteiger charge is 2.05. The third-order valence-electron chi connectivity index (χ3n) is 2.92. The van der Waals surface area contributed by atoms with E-state index in [0.29, 0.717) is 17.1 Å². The Morgan fingerprint density at radius 2 is 1.90 bits per heavy atom. The molecule has 0 aromatic heterocycles. The van der Waals surface area contributed by atoms with Crippen LogP contribution in [0, 0.1) is 6.92 Å². The van der Waals surface area contributed by atoms with Crippen molar-refractivity contribution in [3.8, 4) is 0 Å². The van der Waals surface area contributed by atoms with Gasteiger partial charge in [0.05, 0.1) is 6.42 Å². The first-order valence-electron chi connectivity index (χ1n) is 6.30. The summed E-state index contributed by atoms with van der Waals surface area (Å²) in [5.74, 6) is -0.0612. The second-order valence-corrected chi connectivity index (χ2v) is 5.10. The van der Waals surface area contributed by atoms with Gasteiger partial charge in [-0.3, -0.25) is 4.79 Å². The number of aryl methyl sites for hydroxylation is 1. The normalized spacial score (nSPS) is 10.1. The van der Waals surface area contributed by atoms with E-state index >= 15 is 0 Å². The Morgan fingerprint density at radius 1 is 1.20 bits per heavy atom. The highest BCUT2D eigenvalue weighted by molar-refractivity contribution is 7.80. The van der Waals surface area contributed by atoms with Crippen molar-refractivity contribution in [3.63, 3.8) is 0 Å². The van der Waals surface area contributed by atoms with Crippen LogP contribution < -0.4 is 11.1 Å². The van der Waals surface area contributed by atoms with Crippen LogP contribution in [0.1, 0.15) is 16.7 Å². The summed E-state index contributed by atoms with van der Waals surface area (Å²) in [7, 11) is 0. The molecule has 3 N–H and O–H groups in total. The maximum Gasteiger partial charge on any atom is 0.228 e. The Kier molecular flexibility index (Phi) is 4.48. The van der Waals surface area contributed by atoms with Crippen LogP contribution in [0.3, 0.4) is 0 Å². The average Bonchev–Trinajstić information content (AvgIpc) is 2.41. The van der Waals surface area contributed by atoms with Crippen LogP contribution in [-0.2, 0) is 11.2 Å². The average molecular weight is 284 g/mol. The van der Waals surface area contributed by atoms with E-state index in [4.69, 9.17) is 18.0 Å². The molecule has 1 amide bonds. The number of nitrogens with two attached hydrogens (primary N) is 1. The predicted octanol–water partition coefficient (Wildman–Crippen LogP) is 2.81. The van der Waals surface area contributed by atoms with Crippen molar-refractivity contribution in [2.75, 3.05) is 5.32 Å². The Morgan fingerprint density at radius 3 is 2.55 bits per heavy atom. The molecule has 0 radical (unpaired) electrons. The summed E-state index contributed by atoms with van der Waals surface area (Å²) in [4.78, 5) is 12.3. The van der Waals surface area contributed by atoms with Crippen molar-refractivity contribution < 1.29 is 4.79 Å². The van der Waals surface area contributed by atoms with Gasteiger partial charge in [-0.25, -0.2) is 0 Å². The summed E-state index contributed by atoms with van der Waals surface area (Å²) in [6.07, 6.45) is 0.345. The number of nitrogens with one attached hydrogen (secondary N) is 1. The number of thiocarbonyl (C=S) groups is 1. The number of carbonyl (C=O) groups is 1. The molecule has 0 aliphatic heterocycles. The summed E-state index contributed by atoms with van der Waals surface area (Å²) >= 11 is 4.92. The van der Waals surface area contributed by atoms with Crippen molar-refractivity contribution in [3.05, 3.63) is 65.2 Å². The third kappa shape index (κ3) is 3.90. The Bertz CT molecular complexity index is 635. The van der Waals surface area contributed by atoms with E-state index in [1.807, 2.05) is 49.4 Å². The van der Waals surface area contributed by atoms with Crippen molar-refractivity contribution in [2.24, 2.45) is 5.73 Å². The lowest BCUT2D eigenvalue weighted by molar-refractivity contribution is -0.115. The van der Waals surface area contributed by atoms with Crippen LogP contribution in [0.25, 0.3) is 0 Å². The number of benzene rings is 2. The minimum atomic E-state index is -0.0612. The van der Waals surface area contributed by atoms with Crippen LogP contribution in [0.4, 0.5) is 5.69 Å². The van der Waals surface area contributed by atoms with Crippen molar-refractivity contribution >= 4 is 28.8 Å². The van der Waals surface area contributed by atoms with E-state index in [-0.39, 0.29) is 5.91 Å². The largest absolute Gasteiger partial charge is 0.389 e. The van der Waals surface area contributed by atoms with Crippen LogP contribution in [-0.4, -0.2) is 10.9 Å². The highest BCUT2D eigenvalue weighted by atomic mass is 32.1. The zero-order chi connectivity index (χ0) is 14.5.